The number of rotatable bonds is 5. The second-order valence-corrected chi connectivity index (χ2v) is 4.77. The Morgan fingerprint density at radius 1 is 1.31 bits per heavy atom. The first-order valence-electron chi connectivity index (χ1n) is 5.83. The number of hydrogen-bond acceptors (Lipinski definition) is 3. The third-order valence-electron chi connectivity index (χ3n) is 2.52. The number of nitrogens with zero attached hydrogens (tertiary/aromatic N) is 2. The standard InChI is InChI=1S/C12H20ClN3/c1-5-6-9(4)16-12-10(8(2)3)11(13)14-7-15-12/h7-9H,5-6H2,1-4H3,(H,14,15,16). The maximum atomic E-state index is 6.09. The van der Waals surface area contributed by atoms with Crippen LogP contribution in [-0.4, -0.2) is 16.0 Å². The van der Waals surface area contributed by atoms with E-state index in [1.165, 1.54) is 6.33 Å². The fourth-order valence-electron chi connectivity index (χ4n) is 1.74. The van der Waals surface area contributed by atoms with Gasteiger partial charge in [0.15, 0.2) is 0 Å². The van der Waals surface area contributed by atoms with E-state index in [0.717, 1.165) is 24.2 Å². The van der Waals surface area contributed by atoms with Gasteiger partial charge in [-0.25, -0.2) is 9.97 Å². The van der Waals surface area contributed by atoms with Crippen molar-refractivity contribution in [3.8, 4) is 0 Å². The maximum Gasteiger partial charge on any atom is 0.138 e. The molecule has 0 amide bonds. The molecule has 1 aromatic heterocycles. The van der Waals surface area contributed by atoms with Gasteiger partial charge in [0.25, 0.3) is 0 Å². The van der Waals surface area contributed by atoms with E-state index in [1.54, 1.807) is 0 Å². The summed E-state index contributed by atoms with van der Waals surface area (Å²) in [5, 5.41) is 3.95. The van der Waals surface area contributed by atoms with Gasteiger partial charge in [-0.1, -0.05) is 38.8 Å². The third kappa shape index (κ3) is 3.34. The van der Waals surface area contributed by atoms with E-state index in [1.807, 2.05) is 0 Å². The van der Waals surface area contributed by atoms with Gasteiger partial charge in [-0.05, 0) is 19.3 Å². The summed E-state index contributed by atoms with van der Waals surface area (Å²) in [5.41, 5.74) is 1.01. The number of halogens is 1. The highest BCUT2D eigenvalue weighted by molar-refractivity contribution is 6.30. The summed E-state index contributed by atoms with van der Waals surface area (Å²) in [6.07, 6.45) is 3.79. The second kappa shape index (κ2) is 6.04. The van der Waals surface area contributed by atoms with Gasteiger partial charge < -0.3 is 5.32 Å². The maximum absolute atomic E-state index is 6.09. The highest BCUT2D eigenvalue weighted by Crippen LogP contribution is 2.28. The van der Waals surface area contributed by atoms with Crippen molar-refractivity contribution in [2.75, 3.05) is 5.32 Å². The smallest absolute Gasteiger partial charge is 0.138 e. The molecule has 0 radical (unpaired) electrons. The predicted molar refractivity (Wildman–Crippen MR) is 69.1 cm³/mol. The molecule has 1 aromatic rings. The first kappa shape index (κ1) is 13.2. The molecular formula is C12H20ClN3. The van der Waals surface area contributed by atoms with E-state index in [-0.39, 0.29) is 0 Å². The molecule has 0 aliphatic carbocycles. The van der Waals surface area contributed by atoms with Crippen LogP contribution in [0.1, 0.15) is 52.0 Å². The van der Waals surface area contributed by atoms with Crippen LogP contribution in [0.4, 0.5) is 5.82 Å². The molecule has 1 unspecified atom stereocenters. The van der Waals surface area contributed by atoms with E-state index < -0.39 is 0 Å². The fraction of sp³-hybridized carbons (Fsp3) is 0.667. The molecule has 0 aliphatic heterocycles. The molecule has 90 valence electrons. The Hall–Kier alpha value is -0.830. The highest BCUT2D eigenvalue weighted by atomic mass is 35.5. The zero-order valence-electron chi connectivity index (χ0n) is 10.4. The second-order valence-electron chi connectivity index (χ2n) is 4.42. The molecular weight excluding hydrogens is 222 g/mol. The molecule has 1 N–H and O–H groups in total. The Bertz CT molecular complexity index is 339. The van der Waals surface area contributed by atoms with Gasteiger partial charge >= 0.3 is 0 Å². The minimum atomic E-state index is 0.324. The first-order valence-corrected chi connectivity index (χ1v) is 6.21. The molecule has 3 nitrogen and oxygen atoms in total. The summed E-state index contributed by atoms with van der Waals surface area (Å²) in [6.45, 7) is 8.53. The normalized spacial score (nSPS) is 12.9. The van der Waals surface area contributed by atoms with Gasteiger partial charge in [0, 0.05) is 11.6 Å². The van der Waals surface area contributed by atoms with Crippen molar-refractivity contribution < 1.29 is 0 Å². The zero-order chi connectivity index (χ0) is 12.1. The van der Waals surface area contributed by atoms with Crippen LogP contribution in [0.15, 0.2) is 6.33 Å². The molecule has 0 saturated heterocycles. The van der Waals surface area contributed by atoms with Crippen LogP contribution in [0.3, 0.4) is 0 Å². The summed E-state index contributed by atoms with van der Waals surface area (Å²) in [5.74, 6) is 1.20. The zero-order valence-corrected chi connectivity index (χ0v) is 11.2. The van der Waals surface area contributed by atoms with E-state index >= 15 is 0 Å². The Morgan fingerprint density at radius 3 is 2.56 bits per heavy atom. The van der Waals surface area contributed by atoms with Crippen LogP contribution in [0.2, 0.25) is 5.15 Å². The number of nitrogens with one attached hydrogen (secondary N) is 1. The van der Waals surface area contributed by atoms with Gasteiger partial charge in [-0.15, -0.1) is 0 Å². The molecule has 16 heavy (non-hydrogen) atoms. The monoisotopic (exact) mass is 241 g/mol. The van der Waals surface area contributed by atoms with Crippen LogP contribution < -0.4 is 5.32 Å². The Morgan fingerprint density at radius 2 is 2.00 bits per heavy atom. The first-order chi connectivity index (χ1) is 7.56. The van der Waals surface area contributed by atoms with Crippen LogP contribution in [0.25, 0.3) is 0 Å². The van der Waals surface area contributed by atoms with Crippen LogP contribution in [-0.2, 0) is 0 Å². The van der Waals surface area contributed by atoms with Crippen molar-refractivity contribution in [1.29, 1.82) is 0 Å². The molecule has 0 aliphatic rings. The molecule has 0 bridgehead atoms. The van der Waals surface area contributed by atoms with Gasteiger partial charge in [0.1, 0.15) is 17.3 Å². The average molecular weight is 242 g/mol. The van der Waals surface area contributed by atoms with Gasteiger partial charge in [-0.3, -0.25) is 0 Å². The van der Waals surface area contributed by atoms with E-state index in [4.69, 9.17) is 11.6 Å². The van der Waals surface area contributed by atoms with Gasteiger partial charge in [0.2, 0.25) is 0 Å². The van der Waals surface area contributed by atoms with E-state index in [9.17, 15) is 0 Å². The molecule has 1 atom stereocenters. The summed E-state index contributed by atoms with van der Waals surface area (Å²) in [4.78, 5) is 8.30. The van der Waals surface area contributed by atoms with Crippen LogP contribution in [0.5, 0.6) is 0 Å². The van der Waals surface area contributed by atoms with Crippen molar-refractivity contribution in [2.45, 2.75) is 52.5 Å². The topological polar surface area (TPSA) is 37.8 Å². The molecule has 0 fully saturated rings. The van der Waals surface area contributed by atoms with Crippen LogP contribution in [0, 0.1) is 0 Å². The predicted octanol–water partition coefficient (Wildman–Crippen LogP) is 3.85. The Labute approximate surface area is 103 Å². The minimum absolute atomic E-state index is 0.324. The lowest BCUT2D eigenvalue weighted by Crippen LogP contribution is -2.17. The molecule has 0 spiro atoms. The largest absolute Gasteiger partial charge is 0.367 e. The molecule has 4 heteroatoms. The van der Waals surface area contributed by atoms with Gasteiger partial charge in [0.05, 0.1) is 0 Å². The van der Waals surface area contributed by atoms with Crippen molar-refractivity contribution >= 4 is 17.4 Å². The number of hydrogen-bond donors (Lipinski definition) is 1. The lowest BCUT2D eigenvalue weighted by atomic mass is 10.1. The van der Waals surface area contributed by atoms with Crippen molar-refractivity contribution in [3.05, 3.63) is 17.0 Å². The number of aromatic nitrogens is 2. The van der Waals surface area contributed by atoms with Gasteiger partial charge in [-0.2, -0.15) is 0 Å². The van der Waals surface area contributed by atoms with Crippen molar-refractivity contribution in [2.24, 2.45) is 0 Å². The summed E-state index contributed by atoms with van der Waals surface area (Å²) >= 11 is 6.09. The summed E-state index contributed by atoms with van der Waals surface area (Å²) < 4.78 is 0. The Kier molecular flexibility index (Phi) is 5.00. The summed E-state index contributed by atoms with van der Waals surface area (Å²) in [6, 6.07) is 0.411. The van der Waals surface area contributed by atoms with E-state index in [2.05, 4.69) is 43.0 Å². The lowest BCUT2D eigenvalue weighted by molar-refractivity contribution is 0.683. The average Bonchev–Trinajstić information content (AvgIpc) is 2.17. The molecule has 1 heterocycles. The van der Waals surface area contributed by atoms with E-state index in [0.29, 0.717) is 17.1 Å². The lowest BCUT2D eigenvalue weighted by Gasteiger charge is -2.18. The third-order valence-corrected chi connectivity index (χ3v) is 2.82. The minimum Gasteiger partial charge on any atom is -0.367 e. The Balaban J connectivity index is 2.90. The van der Waals surface area contributed by atoms with Crippen molar-refractivity contribution in [1.82, 2.24) is 9.97 Å². The SMILES string of the molecule is CCCC(C)Nc1ncnc(Cl)c1C(C)C. The molecule has 0 aromatic carbocycles. The fourth-order valence-corrected chi connectivity index (χ4v) is 2.09. The molecule has 1 rings (SSSR count). The quantitative estimate of drug-likeness (QED) is 0.796. The van der Waals surface area contributed by atoms with Crippen LogP contribution >= 0.6 is 11.6 Å². The molecule has 0 saturated carbocycles. The van der Waals surface area contributed by atoms with Crippen molar-refractivity contribution in [3.63, 3.8) is 0 Å². The summed E-state index contributed by atoms with van der Waals surface area (Å²) in [7, 11) is 0. The number of anilines is 1. The highest BCUT2D eigenvalue weighted by Gasteiger charge is 2.14.